The number of carbonyl (C=O) groups excluding carboxylic acids is 1. The van der Waals surface area contributed by atoms with Crippen molar-refractivity contribution in [1.29, 1.82) is 0 Å². The molecule has 0 fully saturated rings. The summed E-state index contributed by atoms with van der Waals surface area (Å²) >= 11 is 0. The Morgan fingerprint density at radius 1 is 1.42 bits per heavy atom. The summed E-state index contributed by atoms with van der Waals surface area (Å²) < 4.78 is 5.00. The van der Waals surface area contributed by atoms with Crippen LogP contribution in [0.1, 0.15) is 22.8 Å². The lowest BCUT2D eigenvalue weighted by Crippen LogP contribution is -2.35. The van der Waals surface area contributed by atoms with Gasteiger partial charge in [0.1, 0.15) is 0 Å². The molecule has 6 heteroatoms. The van der Waals surface area contributed by atoms with Crippen molar-refractivity contribution in [1.82, 2.24) is 5.32 Å². The lowest BCUT2D eigenvalue weighted by atomic mass is 10.1. The highest BCUT2D eigenvalue weighted by atomic mass is 16.5. The molecule has 0 aliphatic heterocycles. The van der Waals surface area contributed by atoms with E-state index in [9.17, 15) is 9.59 Å². The Morgan fingerprint density at radius 2 is 2.11 bits per heavy atom. The van der Waals surface area contributed by atoms with E-state index in [1.807, 2.05) is 6.92 Å². The van der Waals surface area contributed by atoms with Crippen LogP contribution in [0.2, 0.25) is 0 Å². The molecule has 1 aromatic carbocycles. The number of urea groups is 1. The van der Waals surface area contributed by atoms with Crippen LogP contribution in [0.15, 0.2) is 18.2 Å². The number of aromatic carboxylic acids is 1. The number of carboxylic acids is 1. The Bertz CT molecular complexity index is 474. The molecule has 0 heterocycles. The van der Waals surface area contributed by atoms with Gasteiger partial charge in [0.15, 0.2) is 0 Å². The summed E-state index contributed by atoms with van der Waals surface area (Å²) in [6.45, 7) is 3.90. The smallest absolute Gasteiger partial charge is 0.337 e. The number of carbonyl (C=O) groups is 2. The summed E-state index contributed by atoms with van der Waals surface area (Å²) in [7, 11) is 1.55. The maximum atomic E-state index is 11.7. The quantitative estimate of drug-likeness (QED) is 0.759. The number of hydrogen-bond donors (Lipinski definition) is 3. The molecule has 1 aromatic rings. The molecule has 3 N–H and O–H groups in total. The van der Waals surface area contributed by atoms with Crippen LogP contribution < -0.4 is 10.6 Å². The van der Waals surface area contributed by atoms with Crippen molar-refractivity contribution in [2.24, 2.45) is 0 Å². The number of carboxylic acid groups (broad SMARTS) is 1. The van der Waals surface area contributed by atoms with Crippen molar-refractivity contribution >= 4 is 17.7 Å². The Balaban J connectivity index is 2.76. The van der Waals surface area contributed by atoms with Crippen LogP contribution in [0.3, 0.4) is 0 Å². The minimum atomic E-state index is -1.08. The van der Waals surface area contributed by atoms with Gasteiger partial charge < -0.3 is 20.5 Å². The zero-order chi connectivity index (χ0) is 14.4. The van der Waals surface area contributed by atoms with E-state index >= 15 is 0 Å². The second-order valence-corrected chi connectivity index (χ2v) is 4.18. The minimum Gasteiger partial charge on any atom is -0.478 e. The molecule has 6 nitrogen and oxygen atoms in total. The third kappa shape index (κ3) is 4.26. The zero-order valence-corrected chi connectivity index (χ0v) is 11.2. The largest absolute Gasteiger partial charge is 0.478 e. The number of anilines is 1. The first-order valence-corrected chi connectivity index (χ1v) is 5.86. The molecule has 104 valence electrons. The van der Waals surface area contributed by atoms with E-state index < -0.39 is 12.0 Å². The van der Waals surface area contributed by atoms with Gasteiger partial charge in [-0.1, -0.05) is 12.1 Å². The molecular weight excluding hydrogens is 248 g/mol. The van der Waals surface area contributed by atoms with Gasteiger partial charge in [0.25, 0.3) is 0 Å². The molecule has 0 spiro atoms. The fraction of sp³-hybridized carbons (Fsp3) is 0.385. The average Bonchev–Trinajstić information content (AvgIpc) is 2.38. The van der Waals surface area contributed by atoms with Gasteiger partial charge in [-0.15, -0.1) is 0 Å². The summed E-state index contributed by atoms with van der Waals surface area (Å²) in [4.78, 5) is 22.8. The minimum absolute atomic E-state index is 0.0648. The molecule has 0 bridgehead atoms. The molecule has 1 unspecified atom stereocenters. The third-order valence-electron chi connectivity index (χ3n) is 2.69. The molecule has 19 heavy (non-hydrogen) atoms. The summed E-state index contributed by atoms with van der Waals surface area (Å²) in [5.74, 6) is -1.08. The summed E-state index contributed by atoms with van der Waals surface area (Å²) in [5.41, 5.74) is 1.06. The Hall–Kier alpha value is -2.08. The second-order valence-electron chi connectivity index (χ2n) is 4.18. The Morgan fingerprint density at radius 3 is 2.68 bits per heavy atom. The van der Waals surface area contributed by atoms with E-state index in [2.05, 4.69) is 10.6 Å². The van der Waals surface area contributed by atoms with Crippen molar-refractivity contribution in [3.05, 3.63) is 29.3 Å². The number of nitrogens with one attached hydrogen (secondary N) is 2. The van der Waals surface area contributed by atoms with Crippen LogP contribution >= 0.6 is 0 Å². The SMILES string of the molecule is COC(C)CNC(=O)Nc1c(C)cccc1C(=O)O. The van der Waals surface area contributed by atoms with Crippen LogP contribution in [0, 0.1) is 6.92 Å². The highest BCUT2D eigenvalue weighted by Crippen LogP contribution is 2.20. The number of rotatable bonds is 5. The van der Waals surface area contributed by atoms with Gasteiger partial charge in [0.05, 0.1) is 17.4 Å². The molecule has 0 saturated heterocycles. The van der Waals surface area contributed by atoms with Crippen LogP contribution in [-0.4, -0.2) is 36.9 Å². The van der Waals surface area contributed by atoms with Gasteiger partial charge in [-0.2, -0.15) is 0 Å². The van der Waals surface area contributed by atoms with Gasteiger partial charge in [-0.05, 0) is 25.5 Å². The molecule has 0 radical (unpaired) electrons. The van der Waals surface area contributed by atoms with Crippen molar-refractivity contribution in [2.45, 2.75) is 20.0 Å². The standard InChI is InChI=1S/C13H18N2O4/c1-8-5-4-6-10(12(16)17)11(8)15-13(18)14-7-9(2)19-3/h4-6,9H,7H2,1-3H3,(H,16,17)(H2,14,15,18). The van der Waals surface area contributed by atoms with Crippen molar-refractivity contribution in [3.8, 4) is 0 Å². The summed E-state index contributed by atoms with van der Waals surface area (Å²) in [6.07, 6.45) is -0.110. The fourth-order valence-corrected chi connectivity index (χ4v) is 1.49. The molecule has 0 aliphatic carbocycles. The predicted octanol–water partition coefficient (Wildman–Crippen LogP) is 1.85. The first kappa shape index (κ1) is 15.0. The van der Waals surface area contributed by atoms with Crippen LogP contribution in [0.5, 0.6) is 0 Å². The van der Waals surface area contributed by atoms with Crippen molar-refractivity contribution in [2.75, 3.05) is 19.0 Å². The number of para-hydroxylation sites is 1. The van der Waals surface area contributed by atoms with Gasteiger partial charge in [0, 0.05) is 13.7 Å². The van der Waals surface area contributed by atoms with Crippen LogP contribution in [0.4, 0.5) is 10.5 Å². The monoisotopic (exact) mass is 266 g/mol. The molecular formula is C13H18N2O4. The van der Waals surface area contributed by atoms with Gasteiger partial charge in [-0.25, -0.2) is 9.59 Å². The highest BCUT2D eigenvalue weighted by molar-refractivity contribution is 6.00. The first-order chi connectivity index (χ1) is 8.95. The van der Waals surface area contributed by atoms with E-state index in [0.29, 0.717) is 17.8 Å². The number of benzene rings is 1. The maximum absolute atomic E-state index is 11.7. The Labute approximate surface area is 111 Å². The number of ether oxygens (including phenoxy) is 1. The fourth-order valence-electron chi connectivity index (χ4n) is 1.49. The summed E-state index contributed by atoms with van der Waals surface area (Å²) in [5, 5.41) is 14.2. The van der Waals surface area contributed by atoms with Crippen molar-refractivity contribution < 1.29 is 19.4 Å². The van der Waals surface area contributed by atoms with Gasteiger partial charge in [-0.3, -0.25) is 0 Å². The Kier molecular flexibility index (Phi) is 5.32. The van der Waals surface area contributed by atoms with Gasteiger partial charge >= 0.3 is 12.0 Å². The van der Waals surface area contributed by atoms with Crippen molar-refractivity contribution in [3.63, 3.8) is 0 Å². The van der Waals surface area contributed by atoms with Crippen LogP contribution in [0.25, 0.3) is 0 Å². The maximum Gasteiger partial charge on any atom is 0.337 e. The highest BCUT2D eigenvalue weighted by Gasteiger charge is 2.14. The number of aryl methyl sites for hydroxylation is 1. The van der Waals surface area contributed by atoms with Gasteiger partial charge in [0.2, 0.25) is 0 Å². The zero-order valence-electron chi connectivity index (χ0n) is 11.2. The van der Waals surface area contributed by atoms with E-state index in [0.717, 1.165) is 0 Å². The topological polar surface area (TPSA) is 87.7 Å². The number of methoxy groups -OCH3 is 1. The molecule has 2 amide bonds. The molecule has 0 saturated carbocycles. The van der Waals surface area contributed by atoms with E-state index in [1.54, 1.807) is 26.2 Å². The van der Waals surface area contributed by atoms with E-state index in [4.69, 9.17) is 9.84 Å². The third-order valence-corrected chi connectivity index (χ3v) is 2.69. The molecule has 1 rings (SSSR count). The molecule has 0 aromatic heterocycles. The average molecular weight is 266 g/mol. The predicted molar refractivity (Wildman–Crippen MR) is 71.6 cm³/mol. The second kappa shape index (κ2) is 6.75. The molecule has 1 atom stereocenters. The molecule has 0 aliphatic rings. The number of hydrogen-bond acceptors (Lipinski definition) is 3. The van der Waals surface area contributed by atoms with E-state index in [-0.39, 0.29) is 11.7 Å². The van der Waals surface area contributed by atoms with Crippen LogP contribution in [-0.2, 0) is 4.74 Å². The lowest BCUT2D eigenvalue weighted by molar-refractivity contribution is 0.0698. The van der Waals surface area contributed by atoms with E-state index in [1.165, 1.54) is 6.07 Å². The summed E-state index contributed by atoms with van der Waals surface area (Å²) in [6, 6.07) is 4.36. The number of amides is 2. The lowest BCUT2D eigenvalue weighted by Gasteiger charge is -2.14. The normalized spacial score (nSPS) is 11.7. The first-order valence-electron chi connectivity index (χ1n) is 5.86.